The van der Waals surface area contributed by atoms with Crippen molar-refractivity contribution in [1.82, 2.24) is 19.9 Å². The summed E-state index contributed by atoms with van der Waals surface area (Å²) in [5.41, 5.74) is 3.47. The molecule has 0 radical (unpaired) electrons. The van der Waals surface area contributed by atoms with Crippen LogP contribution in [0.1, 0.15) is 31.4 Å². The summed E-state index contributed by atoms with van der Waals surface area (Å²) in [5, 5.41) is 11.4. The molecule has 3 aromatic rings. The van der Waals surface area contributed by atoms with Gasteiger partial charge in [0, 0.05) is 36.4 Å². The number of likely N-dealkylation sites (tertiary alicyclic amines) is 1. The predicted molar refractivity (Wildman–Crippen MR) is 102 cm³/mol. The van der Waals surface area contributed by atoms with Gasteiger partial charge in [-0.3, -0.25) is 0 Å². The number of aromatic amines is 1. The number of nitrogens with one attached hydrogen (secondary N) is 1. The molecule has 0 spiro atoms. The molecule has 26 heavy (non-hydrogen) atoms. The van der Waals surface area contributed by atoms with Crippen molar-refractivity contribution in [2.24, 2.45) is 0 Å². The molecule has 1 N–H and O–H groups in total. The Labute approximate surface area is 152 Å². The number of pyridine rings is 2. The molecule has 0 atom stereocenters. The average molecular weight is 346 g/mol. The van der Waals surface area contributed by atoms with Crippen molar-refractivity contribution in [1.29, 1.82) is 5.26 Å². The van der Waals surface area contributed by atoms with Crippen LogP contribution in [0, 0.1) is 11.3 Å². The van der Waals surface area contributed by atoms with Gasteiger partial charge in [0.15, 0.2) is 0 Å². The van der Waals surface area contributed by atoms with E-state index in [4.69, 9.17) is 0 Å². The Morgan fingerprint density at radius 2 is 1.92 bits per heavy atom. The lowest BCUT2D eigenvalue weighted by atomic mass is 10.0. The Balaban J connectivity index is 1.50. The SMILES string of the molecule is N#Cc1cc2c(cn1)[nH]c1nccc(N3CCC(N4CCCC4)CC3)c12. The van der Waals surface area contributed by atoms with Crippen LogP contribution < -0.4 is 4.90 Å². The van der Waals surface area contributed by atoms with Crippen LogP contribution in [0.2, 0.25) is 0 Å². The quantitative estimate of drug-likeness (QED) is 0.772. The Morgan fingerprint density at radius 3 is 2.69 bits per heavy atom. The highest BCUT2D eigenvalue weighted by Gasteiger charge is 2.27. The summed E-state index contributed by atoms with van der Waals surface area (Å²) in [7, 11) is 0. The third-order valence-electron chi connectivity index (χ3n) is 5.93. The lowest BCUT2D eigenvalue weighted by molar-refractivity contribution is 0.208. The van der Waals surface area contributed by atoms with E-state index in [9.17, 15) is 5.26 Å². The largest absolute Gasteiger partial charge is 0.371 e. The molecule has 2 saturated heterocycles. The number of hydrogen-bond acceptors (Lipinski definition) is 5. The van der Waals surface area contributed by atoms with E-state index in [2.05, 4.69) is 36.9 Å². The van der Waals surface area contributed by atoms with Crippen LogP contribution in [-0.4, -0.2) is 52.1 Å². The predicted octanol–water partition coefficient (Wildman–Crippen LogP) is 3.05. The van der Waals surface area contributed by atoms with E-state index < -0.39 is 0 Å². The molecular formula is C20H22N6. The molecule has 0 bridgehead atoms. The maximum atomic E-state index is 9.20. The highest BCUT2D eigenvalue weighted by Crippen LogP contribution is 2.34. The van der Waals surface area contributed by atoms with Crippen LogP contribution >= 0.6 is 0 Å². The fourth-order valence-corrected chi connectivity index (χ4v) is 4.60. The minimum atomic E-state index is 0.445. The Bertz CT molecular complexity index is 987. The van der Waals surface area contributed by atoms with Gasteiger partial charge < -0.3 is 14.8 Å². The van der Waals surface area contributed by atoms with Crippen molar-refractivity contribution >= 4 is 27.6 Å². The monoisotopic (exact) mass is 346 g/mol. The zero-order valence-corrected chi connectivity index (χ0v) is 14.8. The van der Waals surface area contributed by atoms with Crippen LogP contribution in [0.25, 0.3) is 21.9 Å². The fourth-order valence-electron chi connectivity index (χ4n) is 4.60. The van der Waals surface area contributed by atoms with Crippen LogP contribution in [0.15, 0.2) is 24.5 Å². The van der Waals surface area contributed by atoms with Crippen molar-refractivity contribution in [2.75, 3.05) is 31.1 Å². The minimum absolute atomic E-state index is 0.445. The topological polar surface area (TPSA) is 71.8 Å². The van der Waals surface area contributed by atoms with Gasteiger partial charge in [-0.15, -0.1) is 0 Å². The molecule has 132 valence electrons. The number of anilines is 1. The smallest absolute Gasteiger partial charge is 0.141 e. The van der Waals surface area contributed by atoms with Crippen LogP contribution in [0.4, 0.5) is 5.69 Å². The third kappa shape index (κ3) is 2.51. The molecule has 0 saturated carbocycles. The second-order valence-electron chi connectivity index (χ2n) is 7.37. The van der Waals surface area contributed by atoms with Gasteiger partial charge in [0.05, 0.1) is 17.1 Å². The minimum Gasteiger partial charge on any atom is -0.371 e. The maximum Gasteiger partial charge on any atom is 0.141 e. The zero-order chi connectivity index (χ0) is 17.5. The number of piperidine rings is 1. The average Bonchev–Trinajstić information content (AvgIpc) is 3.35. The second kappa shape index (κ2) is 6.26. The fraction of sp³-hybridized carbons (Fsp3) is 0.450. The van der Waals surface area contributed by atoms with Crippen LogP contribution in [0.3, 0.4) is 0 Å². The highest BCUT2D eigenvalue weighted by molar-refractivity contribution is 6.12. The molecule has 0 amide bonds. The number of rotatable bonds is 2. The van der Waals surface area contributed by atoms with E-state index in [0.29, 0.717) is 5.69 Å². The molecule has 5 rings (SSSR count). The van der Waals surface area contributed by atoms with Crippen molar-refractivity contribution < 1.29 is 0 Å². The molecule has 5 heterocycles. The first-order valence-electron chi connectivity index (χ1n) is 9.49. The van der Waals surface area contributed by atoms with Crippen molar-refractivity contribution in [3.63, 3.8) is 0 Å². The van der Waals surface area contributed by atoms with Crippen LogP contribution in [-0.2, 0) is 0 Å². The van der Waals surface area contributed by atoms with E-state index in [1.807, 2.05) is 12.3 Å². The Hall–Kier alpha value is -2.65. The zero-order valence-electron chi connectivity index (χ0n) is 14.8. The standard InChI is InChI=1S/C20H22N6/c21-12-14-11-16-17(13-23-14)24-20-19(16)18(3-6-22-20)26-9-4-15(5-10-26)25-7-1-2-8-25/h3,6,11,13,15H,1-2,4-5,7-10H2,(H,22,24). The van der Waals surface area contributed by atoms with E-state index in [-0.39, 0.29) is 0 Å². The lowest BCUT2D eigenvalue weighted by Crippen LogP contribution is -2.43. The van der Waals surface area contributed by atoms with Crippen molar-refractivity contribution in [2.45, 2.75) is 31.7 Å². The Kier molecular flexibility index (Phi) is 3.75. The van der Waals surface area contributed by atoms with E-state index in [1.165, 1.54) is 44.5 Å². The number of nitriles is 1. The number of aromatic nitrogens is 3. The van der Waals surface area contributed by atoms with Gasteiger partial charge in [-0.05, 0) is 50.9 Å². The van der Waals surface area contributed by atoms with Gasteiger partial charge in [-0.2, -0.15) is 5.26 Å². The summed E-state index contributed by atoms with van der Waals surface area (Å²) in [4.78, 5) is 17.2. The van der Waals surface area contributed by atoms with E-state index in [0.717, 1.165) is 41.1 Å². The molecular weight excluding hydrogens is 324 g/mol. The molecule has 3 aromatic heterocycles. The normalized spacial score (nSPS) is 19.4. The highest BCUT2D eigenvalue weighted by atomic mass is 15.2. The van der Waals surface area contributed by atoms with Gasteiger partial charge in [0.1, 0.15) is 17.4 Å². The summed E-state index contributed by atoms with van der Waals surface area (Å²) < 4.78 is 0. The van der Waals surface area contributed by atoms with Gasteiger partial charge in [-0.1, -0.05) is 0 Å². The summed E-state index contributed by atoms with van der Waals surface area (Å²) >= 11 is 0. The van der Waals surface area contributed by atoms with Crippen molar-refractivity contribution in [3.8, 4) is 6.07 Å². The number of fused-ring (bicyclic) bond motifs is 3. The first kappa shape index (κ1) is 15.6. The second-order valence-corrected chi connectivity index (χ2v) is 7.37. The molecule has 0 aromatic carbocycles. The number of nitrogens with zero attached hydrogens (tertiary/aromatic N) is 5. The van der Waals surface area contributed by atoms with Gasteiger partial charge >= 0.3 is 0 Å². The van der Waals surface area contributed by atoms with Gasteiger partial charge in [-0.25, -0.2) is 9.97 Å². The summed E-state index contributed by atoms with van der Waals surface area (Å²) in [6.07, 6.45) is 8.76. The summed E-state index contributed by atoms with van der Waals surface area (Å²) in [6.45, 7) is 4.69. The van der Waals surface area contributed by atoms with E-state index in [1.54, 1.807) is 6.20 Å². The first-order valence-corrected chi connectivity index (χ1v) is 9.49. The van der Waals surface area contributed by atoms with Crippen molar-refractivity contribution in [3.05, 3.63) is 30.2 Å². The summed E-state index contributed by atoms with van der Waals surface area (Å²) in [5.74, 6) is 0. The molecule has 2 fully saturated rings. The molecule has 2 aliphatic heterocycles. The summed E-state index contributed by atoms with van der Waals surface area (Å²) in [6, 6.07) is 6.87. The van der Waals surface area contributed by atoms with Gasteiger partial charge in [0.25, 0.3) is 0 Å². The van der Waals surface area contributed by atoms with Gasteiger partial charge in [0.2, 0.25) is 0 Å². The number of hydrogen-bond donors (Lipinski definition) is 1. The molecule has 0 aliphatic carbocycles. The molecule has 6 heteroatoms. The molecule has 0 unspecified atom stereocenters. The van der Waals surface area contributed by atoms with Crippen LogP contribution in [0.5, 0.6) is 0 Å². The molecule has 6 nitrogen and oxygen atoms in total. The molecule has 2 aliphatic rings. The number of H-pyrrole nitrogens is 1. The third-order valence-corrected chi connectivity index (χ3v) is 5.93. The maximum absolute atomic E-state index is 9.20. The Morgan fingerprint density at radius 1 is 1.12 bits per heavy atom. The first-order chi connectivity index (χ1) is 12.8. The lowest BCUT2D eigenvalue weighted by Gasteiger charge is -2.38. The van der Waals surface area contributed by atoms with E-state index >= 15 is 0 Å².